The van der Waals surface area contributed by atoms with Crippen LogP contribution in [0.4, 0.5) is 10.3 Å². The van der Waals surface area contributed by atoms with Gasteiger partial charge in [0, 0.05) is 55.5 Å². The highest BCUT2D eigenvalue weighted by Crippen LogP contribution is 2.44. The van der Waals surface area contributed by atoms with Crippen molar-refractivity contribution >= 4 is 5.95 Å². The lowest BCUT2D eigenvalue weighted by atomic mass is 9.98. The maximum Gasteiger partial charge on any atom is 0.225 e. The second-order valence-electron chi connectivity index (χ2n) is 7.85. The maximum atomic E-state index is 14.3. The van der Waals surface area contributed by atoms with Gasteiger partial charge in [0.15, 0.2) is 0 Å². The smallest absolute Gasteiger partial charge is 0.225 e. The molecule has 0 saturated carbocycles. The van der Waals surface area contributed by atoms with Gasteiger partial charge in [0.2, 0.25) is 5.95 Å². The number of fused-ring (bicyclic) bond motifs is 4. The van der Waals surface area contributed by atoms with Crippen molar-refractivity contribution in [1.82, 2.24) is 14.9 Å². The molecule has 0 radical (unpaired) electrons. The van der Waals surface area contributed by atoms with Gasteiger partial charge in [-0.1, -0.05) is 0 Å². The number of halogens is 1. The number of anilines is 1. The molecule has 2 atom stereocenters. The van der Waals surface area contributed by atoms with Crippen molar-refractivity contribution in [3.63, 3.8) is 0 Å². The Morgan fingerprint density at radius 3 is 2.89 bits per heavy atom. The lowest BCUT2D eigenvalue weighted by Gasteiger charge is -2.36. The third-order valence-corrected chi connectivity index (χ3v) is 6.31. The van der Waals surface area contributed by atoms with Crippen LogP contribution in [0.3, 0.4) is 0 Å². The minimum absolute atomic E-state index is 0.165. The quantitative estimate of drug-likeness (QED) is 0.826. The van der Waals surface area contributed by atoms with Gasteiger partial charge in [0.25, 0.3) is 0 Å². The first-order valence-corrected chi connectivity index (χ1v) is 9.92. The lowest BCUT2D eigenvalue weighted by Crippen LogP contribution is -2.38. The van der Waals surface area contributed by atoms with Crippen molar-refractivity contribution in [1.29, 1.82) is 0 Å². The van der Waals surface area contributed by atoms with Crippen molar-refractivity contribution in [2.75, 3.05) is 25.1 Å². The average Bonchev–Trinajstić information content (AvgIpc) is 3.31. The van der Waals surface area contributed by atoms with E-state index in [1.807, 2.05) is 12.3 Å². The third-order valence-electron chi connectivity index (χ3n) is 6.31. The zero-order chi connectivity index (χ0) is 18.4. The predicted molar refractivity (Wildman–Crippen MR) is 101 cm³/mol. The number of benzene rings is 1. The standard InChI is InChI=1S/C21H25FN4O/c1-27-16-5-6-18(22)14(10-16)13-26-15-4-7-20(26)17-12-23-21(24-19(17)11-15)25-8-2-3-9-25/h5-6,10,12,15,20H,2-4,7-9,11,13H2,1H3/t15-,20-/m0/s1. The maximum absolute atomic E-state index is 14.3. The summed E-state index contributed by atoms with van der Waals surface area (Å²) in [6.45, 7) is 2.73. The van der Waals surface area contributed by atoms with E-state index >= 15 is 0 Å². The van der Waals surface area contributed by atoms with Crippen LogP contribution in [0.2, 0.25) is 0 Å². The van der Waals surface area contributed by atoms with E-state index in [1.165, 1.54) is 30.2 Å². The van der Waals surface area contributed by atoms with E-state index in [0.717, 1.165) is 38.3 Å². The summed E-state index contributed by atoms with van der Waals surface area (Å²) in [5.74, 6) is 1.43. The number of aromatic nitrogens is 2. The Labute approximate surface area is 159 Å². The molecular formula is C21H25FN4O. The van der Waals surface area contributed by atoms with Crippen LogP contribution < -0.4 is 9.64 Å². The summed E-state index contributed by atoms with van der Waals surface area (Å²) in [5.41, 5.74) is 3.13. The molecule has 4 heterocycles. The SMILES string of the molecule is COc1ccc(F)c(CN2[C@H]3CC[C@H]2c2cnc(N4CCCC4)nc2C3)c1. The Bertz CT molecular complexity index is 852. The van der Waals surface area contributed by atoms with Gasteiger partial charge in [-0.05, 0) is 43.9 Å². The fourth-order valence-electron chi connectivity index (χ4n) is 4.88. The molecule has 5 nitrogen and oxygen atoms in total. The number of rotatable bonds is 4. The van der Waals surface area contributed by atoms with Crippen LogP contribution in [0, 0.1) is 5.82 Å². The minimum Gasteiger partial charge on any atom is -0.497 e. The molecule has 3 aliphatic rings. The van der Waals surface area contributed by atoms with Gasteiger partial charge in [0.05, 0.1) is 12.8 Å². The van der Waals surface area contributed by atoms with Crippen molar-refractivity contribution in [3.05, 3.63) is 47.0 Å². The number of ether oxygens (including phenoxy) is 1. The summed E-state index contributed by atoms with van der Waals surface area (Å²) < 4.78 is 19.6. The van der Waals surface area contributed by atoms with Gasteiger partial charge in [-0.2, -0.15) is 0 Å². The molecule has 27 heavy (non-hydrogen) atoms. The highest BCUT2D eigenvalue weighted by Gasteiger charge is 2.41. The molecule has 2 fully saturated rings. The summed E-state index contributed by atoms with van der Waals surface area (Å²) in [7, 11) is 1.62. The second-order valence-corrected chi connectivity index (χ2v) is 7.85. The zero-order valence-corrected chi connectivity index (χ0v) is 15.7. The lowest BCUT2D eigenvalue weighted by molar-refractivity contribution is 0.164. The third kappa shape index (κ3) is 2.96. The summed E-state index contributed by atoms with van der Waals surface area (Å²) in [4.78, 5) is 14.3. The van der Waals surface area contributed by atoms with Crippen LogP contribution in [-0.2, 0) is 13.0 Å². The van der Waals surface area contributed by atoms with E-state index in [9.17, 15) is 4.39 Å². The van der Waals surface area contributed by atoms with Gasteiger partial charge in [-0.3, -0.25) is 4.90 Å². The number of hydrogen-bond donors (Lipinski definition) is 0. The number of nitrogens with zero attached hydrogens (tertiary/aromatic N) is 4. The predicted octanol–water partition coefficient (Wildman–Crippen LogP) is 3.49. The Hall–Kier alpha value is -2.21. The van der Waals surface area contributed by atoms with E-state index in [4.69, 9.17) is 9.72 Å². The zero-order valence-electron chi connectivity index (χ0n) is 15.7. The molecule has 0 aliphatic carbocycles. The first-order chi connectivity index (χ1) is 13.2. The highest BCUT2D eigenvalue weighted by molar-refractivity contribution is 5.38. The molecule has 0 N–H and O–H groups in total. The average molecular weight is 368 g/mol. The fraction of sp³-hybridized carbons (Fsp3) is 0.524. The van der Waals surface area contributed by atoms with Crippen LogP contribution in [0.15, 0.2) is 24.4 Å². The molecule has 0 unspecified atom stereocenters. The van der Waals surface area contributed by atoms with Crippen LogP contribution in [0.25, 0.3) is 0 Å². The largest absolute Gasteiger partial charge is 0.497 e. The van der Waals surface area contributed by atoms with E-state index in [1.54, 1.807) is 13.2 Å². The molecule has 1 aromatic heterocycles. The first-order valence-electron chi connectivity index (χ1n) is 9.92. The first kappa shape index (κ1) is 16.9. The van der Waals surface area contributed by atoms with Crippen LogP contribution >= 0.6 is 0 Å². The van der Waals surface area contributed by atoms with Gasteiger partial charge < -0.3 is 9.64 Å². The fourth-order valence-corrected chi connectivity index (χ4v) is 4.88. The Kier molecular flexibility index (Phi) is 4.23. The Morgan fingerprint density at radius 1 is 1.22 bits per heavy atom. The van der Waals surface area contributed by atoms with Crippen molar-refractivity contribution in [2.24, 2.45) is 0 Å². The van der Waals surface area contributed by atoms with Crippen molar-refractivity contribution < 1.29 is 9.13 Å². The Morgan fingerprint density at radius 2 is 2.07 bits per heavy atom. The molecule has 5 rings (SSSR count). The van der Waals surface area contributed by atoms with Gasteiger partial charge in [-0.25, -0.2) is 14.4 Å². The molecule has 0 amide bonds. The van der Waals surface area contributed by atoms with E-state index < -0.39 is 0 Å². The van der Waals surface area contributed by atoms with Gasteiger partial charge in [0.1, 0.15) is 11.6 Å². The highest BCUT2D eigenvalue weighted by atomic mass is 19.1. The van der Waals surface area contributed by atoms with Gasteiger partial charge >= 0.3 is 0 Å². The monoisotopic (exact) mass is 368 g/mol. The molecule has 1 aromatic carbocycles. The number of methoxy groups -OCH3 is 1. The molecular weight excluding hydrogens is 343 g/mol. The topological polar surface area (TPSA) is 41.5 Å². The second kappa shape index (κ2) is 6.75. The molecule has 0 spiro atoms. The van der Waals surface area contributed by atoms with Crippen molar-refractivity contribution in [2.45, 2.75) is 50.7 Å². The molecule has 142 valence electrons. The summed E-state index contributed by atoms with van der Waals surface area (Å²) >= 11 is 0. The van der Waals surface area contributed by atoms with E-state index in [-0.39, 0.29) is 11.9 Å². The van der Waals surface area contributed by atoms with Crippen LogP contribution in [0.1, 0.15) is 48.5 Å². The normalized spacial score (nSPS) is 24.3. The molecule has 6 heteroatoms. The number of hydrogen-bond acceptors (Lipinski definition) is 5. The molecule has 2 aromatic rings. The minimum atomic E-state index is -0.165. The van der Waals surface area contributed by atoms with E-state index in [0.29, 0.717) is 23.9 Å². The van der Waals surface area contributed by atoms with Crippen LogP contribution in [0.5, 0.6) is 5.75 Å². The summed E-state index contributed by atoms with van der Waals surface area (Å²) in [5, 5.41) is 0. The van der Waals surface area contributed by atoms with Crippen LogP contribution in [-0.4, -0.2) is 41.1 Å². The summed E-state index contributed by atoms with van der Waals surface area (Å²) in [6, 6.07) is 5.70. The molecule has 2 saturated heterocycles. The van der Waals surface area contributed by atoms with E-state index in [2.05, 4.69) is 14.8 Å². The van der Waals surface area contributed by atoms with Crippen molar-refractivity contribution in [3.8, 4) is 5.75 Å². The summed E-state index contributed by atoms with van der Waals surface area (Å²) in [6.07, 6.45) is 7.64. The Balaban J connectivity index is 1.42. The molecule has 2 bridgehead atoms. The molecule has 3 aliphatic heterocycles. The van der Waals surface area contributed by atoms with Gasteiger partial charge in [-0.15, -0.1) is 0 Å².